The van der Waals surface area contributed by atoms with E-state index in [-0.39, 0.29) is 41.3 Å². The molecule has 1 aromatic carbocycles. The summed E-state index contributed by atoms with van der Waals surface area (Å²) in [7, 11) is 1.78. The average Bonchev–Trinajstić information content (AvgIpc) is 3.71. The van der Waals surface area contributed by atoms with E-state index in [4.69, 9.17) is 24.1 Å². The lowest BCUT2D eigenvalue weighted by molar-refractivity contribution is -0.312. The highest BCUT2D eigenvalue weighted by atomic mass is 16.7. The van der Waals surface area contributed by atoms with E-state index in [0.29, 0.717) is 17.5 Å². The van der Waals surface area contributed by atoms with Crippen molar-refractivity contribution in [3.05, 3.63) is 23.3 Å². The molecule has 9 nitrogen and oxygen atoms in total. The molecule has 9 heteroatoms. The topological polar surface area (TPSA) is 118 Å². The van der Waals surface area contributed by atoms with Crippen molar-refractivity contribution in [2.24, 2.45) is 22.7 Å². The van der Waals surface area contributed by atoms with Gasteiger partial charge in [0.2, 0.25) is 0 Å². The van der Waals surface area contributed by atoms with Crippen LogP contribution < -0.4 is 9.47 Å². The minimum Gasteiger partial charge on any atom is -0.482 e. The lowest BCUT2D eigenvalue weighted by atomic mass is 9.33. The molecule has 7 aliphatic rings. The standard InChI is InChI=1S/C34H49NO8/c1-30(2,3)31(4,39)24-17-32-11-12-34(24,40-5)28-33(32)13-14-35(18-20-6-7-20)25(32)16-21-8-9-23(27(43-28)26(21)33)42-29(38)41-15-10-22(37)19-36/h8-9,20,22,24-25,28,36-37,39H,6-7,10-19H2,1-5H3/t22-,24+,25+,28+,31-,32+,33-,34?/m0/s1. The largest absolute Gasteiger partial charge is 0.513 e. The summed E-state index contributed by atoms with van der Waals surface area (Å²) in [5.41, 5.74) is -0.0344. The van der Waals surface area contributed by atoms with E-state index in [9.17, 15) is 15.0 Å². The van der Waals surface area contributed by atoms with Crippen molar-refractivity contribution in [3.8, 4) is 11.5 Å². The third-order valence-corrected chi connectivity index (χ3v) is 12.9. The Bertz CT molecular complexity index is 1290. The van der Waals surface area contributed by atoms with Gasteiger partial charge < -0.3 is 34.3 Å². The fraction of sp³-hybridized carbons (Fsp3) is 0.794. The summed E-state index contributed by atoms with van der Waals surface area (Å²) >= 11 is 0. The first kappa shape index (κ1) is 29.8. The van der Waals surface area contributed by atoms with Crippen molar-refractivity contribution in [2.45, 2.75) is 114 Å². The molecular weight excluding hydrogens is 550 g/mol. The molecule has 2 spiro atoms. The highest BCUT2D eigenvalue weighted by Crippen LogP contribution is 2.78. The third-order valence-electron chi connectivity index (χ3n) is 12.9. The van der Waals surface area contributed by atoms with Crippen LogP contribution in [0.25, 0.3) is 0 Å². The van der Waals surface area contributed by atoms with E-state index in [1.54, 1.807) is 7.11 Å². The molecule has 238 valence electrons. The Morgan fingerprint density at radius 2 is 1.95 bits per heavy atom. The van der Waals surface area contributed by atoms with E-state index in [2.05, 4.69) is 31.7 Å². The van der Waals surface area contributed by atoms with Crippen molar-refractivity contribution in [1.82, 2.24) is 4.90 Å². The molecule has 5 fully saturated rings. The molecule has 2 heterocycles. The number of ether oxygens (including phenoxy) is 4. The number of fused-ring (bicyclic) bond motifs is 2. The minimum atomic E-state index is -1.01. The van der Waals surface area contributed by atoms with Gasteiger partial charge in [0.15, 0.2) is 11.5 Å². The molecule has 1 unspecified atom stereocenters. The smallest absolute Gasteiger partial charge is 0.482 e. The van der Waals surface area contributed by atoms with Crippen LogP contribution in [0, 0.1) is 22.7 Å². The second-order valence-electron chi connectivity index (χ2n) is 15.6. The summed E-state index contributed by atoms with van der Waals surface area (Å²) in [6, 6.07) is 4.29. The van der Waals surface area contributed by atoms with Gasteiger partial charge in [0.05, 0.1) is 24.9 Å². The number of carbonyl (C=O) groups is 1. The Morgan fingerprint density at radius 3 is 2.63 bits per heavy atom. The van der Waals surface area contributed by atoms with Gasteiger partial charge in [0.25, 0.3) is 0 Å². The fourth-order valence-electron chi connectivity index (χ4n) is 10.1. The Kier molecular flexibility index (Phi) is 6.78. The van der Waals surface area contributed by atoms with Crippen LogP contribution in [0.5, 0.6) is 11.5 Å². The van der Waals surface area contributed by atoms with Gasteiger partial charge in [-0.3, -0.25) is 4.90 Å². The van der Waals surface area contributed by atoms with E-state index in [0.717, 1.165) is 51.1 Å². The number of methoxy groups -OCH3 is 1. The van der Waals surface area contributed by atoms with Gasteiger partial charge in [0.1, 0.15) is 11.7 Å². The van der Waals surface area contributed by atoms with Crippen LogP contribution in [0.4, 0.5) is 4.79 Å². The maximum Gasteiger partial charge on any atom is 0.513 e. The predicted molar refractivity (Wildman–Crippen MR) is 158 cm³/mol. The number of nitrogens with zero attached hydrogens (tertiary/aromatic N) is 1. The number of rotatable bonds is 9. The van der Waals surface area contributed by atoms with E-state index >= 15 is 0 Å². The van der Waals surface area contributed by atoms with Crippen molar-refractivity contribution in [2.75, 3.05) is 33.4 Å². The van der Waals surface area contributed by atoms with Crippen molar-refractivity contribution in [1.29, 1.82) is 0 Å². The first-order valence-corrected chi connectivity index (χ1v) is 16.3. The molecule has 0 radical (unpaired) electrons. The van der Waals surface area contributed by atoms with Crippen LogP contribution in [0.15, 0.2) is 12.1 Å². The maximum atomic E-state index is 12.8. The highest BCUT2D eigenvalue weighted by molar-refractivity contribution is 5.70. The summed E-state index contributed by atoms with van der Waals surface area (Å²) in [4.78, 5) is 15.5. The molecule has 8 rings (SSSR count). The monoisotopic (exact) mass is 599 g/mol. The number of aliphatic hydroxyl groups excluding tert-OH is 2. The van der Waals surface area contributed by atoms with Crippen LogP contribution in [0.1, 0.15) is 83.8 Å². The molecule has 1 aromatic rings. The Labute approximate surface area is 254 Å². The summed E-state index contributed by atoms with van der Waals surface area (Å²) in [6.45, 7) is 10.0. The maximum absolute atomic E-state index is 12.8. The summed E-state index contributed by atoms with van der Waals surface area (Å²) in [5, 5.41) is 31.1. The van der Waals surface area contributed by atoms with Crippen LogP contribution in [-0.4, -0.2) is 89.2 Å². The molecular formula is C34H49NO8. The summed E-state index contributed by atoms with van der Waals surface area (Å²) in [6.07, 6.45) is 5.20. The lowest BCUT2D eigenvalue weighted by Crippen LogP contribution is -2.83. The molecule has 4 saturated carbocycles. The van der Waals surface area contributed by atoms with Gasteiger partial charge in [-0.2, -0.15) is 0 Å². The van der Waals surface area contributed by atoms with Crippen molar-refractivity contribution in [3.63, 3.8) is 0 Å². The van der Waals surface area contributed by atoms with E-state index in [1.807, 2.05) is 13.0 Å². The summed E-state index contributed by atoms with van der Waals surface area (Å²) < 4.78 is 24.8. The zero-order chi connectivity index (χ0) is 30.6. The third kappa shape index (κ3) is 3.97. The SMILES string of the molecule is COC12CC[C@@]3(C[C@@H]1[C@](C)(O)C(C)(C)C)[C@H]1Cc4ccc(OC(=O)OCC[C@H](O)CO)c5c4[C@@]3(CCN1CC1CC1)[C@H]2O5. The van der Waals surface area contributed by atoms with Crippen molar-refractivity contribution >= 4 is 6.16 Å². The number of hydrogen-bond donors (Lipinski definition) is 3. The highest BCUT2D eigenvalue weighted by Gasteiger charge is 2.82. The molecule has 1 saturated heterocycles. The van der Waals surface area contributed by atoms with Crippen molar-refractivity contribution < 1.29 is 39.1 Å². The molecule has 5 aliphatic carbocycles. The van der Waals surface area contributed by atoms with Crippen LogP contribution in [0.2, 0.25) is 0 Å². The first-order chi connectivity index (χ1) is 20.3. The second kappa shape index (κ2) is 9.79. The van der Waals surface area contributed by atoms with E-state index < -0.39 is 30.1 Å². The molecule has 0 aromatic heterocycles. The second-order valence-corrected chi connectivity index (χ2v) is 15.6. The first-order valence-electron chi connectivity index (χ1n) is 16.3. The number of aliphatic hydroxyl groups is 3. The number of carbonyl (C=O) groups excluding carboxylic acids is 1. The van der Waals surface area contributed by atoms with Gasteiger partial charge in [-0.15, -0.1) is 0 Å². The molecule has 43 heavy (non-hydrogen) atoms. The van der Waals surface area contributed by atoms with E-state index in [1.165, 1.54) is 24.0 Å². The molecule has 4 bridgehead atoms. The minimum absolute atomic E-state index is 0.0633. The van der Waals surface area contributed by atoms with Gasteiger partial charge >= 0.3 is 6.16 Å². The fourth-order valence-corrected chi connectivity index (χ4v) is 10.1. The zero-order valence-electron chi connectivity index (χ0n) is 26.4. The number of hydrogen-bond acceptors (Lipinski definition) is 9. The number of benzene rings is 1. The quantitative estimate of drug-likeness (QED) is 0.286. The molecule has 0 amide bonds. The Balaban J connectivity index is 1.33. The lowest BCUT2D eigenvalue weighted by Gasteiger charge is -2.75. The Morgan fingerprint density at radius 1 is 1.19 bits per heavy atom. The number of likely N-dealkylation sites (tertiary alicyclic amines) is 1. The van der Waals surface area contributed by atoms with Crippen LogP contribution >= 0.6 is 0 Å². The molecule has 8 atom stereocenters. The molecule has 2 aliphatic heterocycles. The zero-order valence-corrected chi connectivity index (χ0v) is 26.4. The normalized spacial score (nSPS) is 37.7. The van der Waals surface area contributed by atoms with Gasteiger partial charge in [-0.25, -0.2) is 4.79 Å². The van der Waals surface area contributed by atoms with Crippen LogP contribution in [-0.2, 0) is 21.3 Å². The van der Waals surface area contributed by atoms with Crippen LogP contribution in [0.3, 0.4) is 0 Å². The summed E-state index contributed by atoms with van der Waals surface area (Å²) in [5.74, 6) is 1.61. The Hall–Kier alpha value is -1.91. The average molecular weight is 600 g/mol. The molecule has 3 N–H and O–H groups in total. The van der Waals surface area contributed by atoms with Gasteiger partial charge in [-0.1, -0.05) is 26.8 Å². The van der Waals surface area contributed by atoms with Gasteiger partial charge in [-0.05, 0) is 81.4 Å². The van der Waals surface area contributed by atoms with Gasteiger partial charge in [0, 0.05) is 48.4 Å². The number of piperidine rings is 1. The predicted octanol–water partition coefficient (Wildman–Crippen LogP) is 3.97.